The Morgan fingerprint density at radius 3 is 2.20 bits per heavy atom. The molecule has 1 aromatic rings. The monoisotopic (exact) mass is 274 g/mol. The Balaban J connectivity index is 2.04. The van der Waals surface area contributed by atoms with Crippen LogP contribution in [0.15, 0.2) is 18.2 Å². The minimum Gasteiger partial charge on any atom is -0.328 e. The van der Waals surface area contributed by atoms with Gasteiger partial charge in [-0.3, -0.25) is 4.90 Å². The molecule has 0 aromatic heterocycles. The first-order chi connectivity index (χ1) is 9.58. The van der Waals surface area contributed by atoms with Gasteiger partial charge in [-0.1, -0.05) is 36.2 Å². The summed E-state index contributed by atoms with van der Waals surface area (Å²) in [4.78, 5) is 2.68. The van der Waals surface area contributed by atoms with Crippen molar-refractivity contribution in [3.05, 3.63) is 34.9 Å². The molecule has 1 aliphatic rings. The van der Waals surface area contributed by atoms with Crippen LogP contribution in [0, 0.1) is 13.8 Å². The van der Waals surface area contributed by atoms with Crippen LogP contribution in [0.2, 0.25) is 0 Å². The zero-order valence-corrected chi connectivity index (χ0v) is 13.4. The maximum atomic E-state index is 6.04. The first-order valence-corrected chi connectivity index (χ1v) is 8.15. The normalized spacial score (nSPS) is 23.2. The van der Waals surface area contributed by atoms with Crippen molar-refractivity contribution >= 4 is 0 Å². The van der Waals surface area contributed by atoms with Crippen LogP contribution >= 0.6 is 0 Å². The van der Waals surface area contributed by atoms with Crippen molar-refractivity contribution in [2.24, 2.45) is 5.73 Å². The van der Waals surface area contributed by atoms with Crippen molar-refractivity contribution in [2.45, 2.75) is 71.5 Å². The van der Waals surface area contributed by atoms with Crippen molar-refractivity contribution < 1.29 is 0 Å². The van der Waals surface area contributed by atoms with Gasteiger partial charge in [-0.05, 0) is 58.1 Å². The summed E-state index contributed by atoms with van der Waals surface area (Å²) >= 11 is 0. The number of rotatable bonds is 5. The van der Waals surface area contributed by atoms with E-state index in [1.165, 1.54) is 55.3 Å². The molecule has 0 bridgehead atoms. The first kappa shape index (κ1) is 15.5. The molecule has 0 spiro atoms. The minimum absolute atomic E-state index is 0.441. The Labute approximate surface area is 124 Å². The van der Waals surface area contributed by atoms with Crippen LogP contribution in [-0.4, -0.2) is 23.5 Å². The molecule has 1 fully saturated rings. The SMILES string of the molecule is CCCN(Cc1cc(C)cc(C)c1)C1CCC(N)CC1. The van der Waals surface area contributed by atoms with Crippen LogP contribution in [0.25, 0.3) is 0 Å². The highest BCUT2D eigenvalue weighted by Gasteiger charge is 2.23. The Kier molecular flexibility index (Phi) is 5.62. The first-order valence-electron chi connectivity index (χ1n) is 8.15. The molecule has 2 nitrogen and oxygen atoms in total. The summed E-state index contributed by atoms with van der Waals surface area (Å²) in [6, 6.07) is 8.10. The van der Waals surface area contributed by atoms with E-state index in [0.717, 1.165) is 12.6 Å². The third kappa shape index (κ3) is 4.32. The van der Waals surface area contributed by atoms with E-state index in [2.05, 4.69) is 43.9 Å². The molecule has 1 aromatic carbocycles. The molecule has 0 atom stereocenters. The Morgan fingerprint density at radius 1 is 1.05 bits per heavy atom. The van der Waals surface area contributed by atoms with E-state index >= 15 is 0 Å². The molecule has 2 heteroatoms. The molecule has 0 radical (unpaired) electrons. The quantitative estimate of drug-likeness (QED) is 0.885. The number of hydrogen-bond acceptors (Lipinski definition) is 2. The third-order valence-corrected chi connectivity index (χ3v) is 4.44. The van der Waals surface area contributed by atoms with Crippen LogP contribution < -0.4 is 5.73 Å². The fourth-order valence-corrected chi connectivity index (χ4v) is 3.54. The molecule has 2 N–H and O–H groups in total. The number of aryl methyl sites for hydroxylation is 2. The Hall–Kier alpha value is -0.860. The number of benzene rings is 1. The molecular weight excluding hydrogens is 244 g/mol. The van der Waals surface area contributed by atoms with E-state index in [4.69, 9.17) is 5.73 Å². The van der Waals surface area contributed by atoms with Crippen molar-refractivity contribution in [1.82, 2.24) is 4.90 Å². The van der Waals surface area contributed by atoms with Gasteiger partial charge in [0.25, 0.3) is 0 Å². The average Bonchev–Trinajstić information content (AvgIpc) is 2.38. The van der Waals surface area contributed by atoms with Crippen LogP contribution in [0.4, 0.5) is 0 Å². The van der Waals surface area contributed by atoms with E-state index in [9.17, 15) is 0 Å². The molecule has 1 saturated carbocycles. The lowest BCUT2D eigenvalue weighted by Crippen LogP contribution is -2.40. The van der Waals surface area contributed by atoms with Gasteiger partial charge in [-0.2, -0.15) is 0 Å². The van der Waals surface area contributed by atoms with Gasteiger partial charge in [-0.25, -0.2) is 0 Å². The van der Waals surface area contributed by atoms with Gasteiger partial charge in [0.2, 0.25) is 0 Å². The topological polar surface area (TPSA) is 29.3 Å². The van der Waals surface area contributed by atoms with Gasteiger partial charge in [0.15, 0.2) is 0 Å². The van der Waals surface area contributed by atoms with Gasteiger partial charge in [0, 0.05) is 18.6 Å². The van der Waals surface area contributed by atoms with Gasteiger partial charge < -0.3 is 5.73 Å². The summed E-state index contributed by atoms with van der Waals surface area (Å²) in [5, 5.41) is 0. The largest absolute Gasteiger partial charge is 0.328 e. The molecule has 1 aliphatic carbocycles. The zero-order valence-electron chi connectivity index (χ0n) is 13.4. The summed E-state index contributed by atoms with van der Waals surface area (Å²) in [6.45, 7) is 8.97. The van der Waals surface area contributed by atoms with E-state index in [-0.39, 0.29) is 0 Å². The summed E-state index contributed by atoms with van der Waals surface area (Å²) in [7, 11) is 0. The Morgan fingerprint density at radius 2 is 1.65 bits per heavy atom. The fourth-order valence-electron chi connectivity index (χ4n) is 3.54. The van der Waals surface area contributed by atoms with Crippen LogP contribution in [-0.2, 0) is 6.54 Å². The lowest BCUT2D eigenvalue weighted by Gasteiger charge is -2.36. The highest BCUT2D eigenvalue weighted by Crippen LogP contribution is 2.24. The fraction of sp³-hybridized carbons (Fsp3) is 0.667. The second-order valence-electron chi connectivity index (χ2n) is 6.54. The van der Waals surface area contributed by atoms with Crippen LogP contribution in [0.5, 0.6) is 0 Å². The summed E-state index contributed by atoms with van der Waals surface area (Å²) < 4.78 is 0. The maximum absolute atomic E-state index is 6.04. The standard InChI is InChI=1S/C18H30N2/c1-4-9-20(18-7-5-17(19)6-8-18)13-16-11-14(2)10-15(3)12-16/h10-12,17-18H,4-9,13,19H2,1-3H3. The lowest BCUT2D eigenvalue weighted by atomic mass is 9.90. The molecular formula is C18H30N2. The molecule has 0 unspecified atom stereocenters. The van der Waals surface area contributed by atoms with Crippen molar-refractivity contribution in [1.29, 1.82) is 0 Å². The van der Waals surface area contributed by atoms with Gasteiger partial charge in [0.05, 0.1) is 0 Å². The molecule has 0 amide bonds. The van der Waals surface area contributed by atoms with E-state index in [1.54, 1.807) is 0 Å². The third-order valence-electron chi connectivity index (χ3n) is 4.44. The molecule has 0 saturated heterocycles. The Bertz CT molecular complexity index is 399. The average molecular weight is 274 g/mol. The van der Waals surface area contributed by atoms with Gasteiger partial charge >= 0.3 is 0 Å². The second kappa shape index (κ2) is 7.24. The van der Waals surface area contributed by atoms with Crippen molar-refractivity contribution in [2.75, 3.05) is 6.54 Å². The smallest absolute Gasteiger partial charge is 0.0236 e. The summed E-state index contributed by atoms with van der Waals surface area (Å²) in [5.74, 6) is 0. The highest BCUT2D eigenvalue weighted by atomic mass is 15.2. The number of hydrogen-bond donors (Lipinski definition) is 1. The number of nitrogens with zero attached hydrogens (tertiary/aromatic N) is 1. The lowest BCUT2D eigenvalue weighted by molar-refractivity contribution is 0.142. The minimum atomic E-state index is 0.441. The molecule has 0 heterocycles. The predicted octanol–water partition coefficient (Wildman–Crippen LogP) is 3.79. The van der Waals surface area contributed by atoms with Crippen molar-refractivity contribution in [3.8, 4) is 0 Å². The van der Waals surface area contributed by atoms with E-state index in [0.29, 0.717) is 6.04 Å². The van der Waals surface area contributed by atoms with Crippen molar-refractivity contribution in [3.63, 3.8) is 0 Å². The van der Waals surface area contributed by atoms with Gasteiger partial charge in [0.1, 0.15) is 0 Å². The maximum Gasteiger partial charge on any atom is 0.0236 e. The highest BCUT2D eigenvalue weighted by molar-refractivity contribution is 5.28. The predicted molar refractivity (Wildman–Crippen MR) is 86.8 cm³/mol. The molecule has 0 aliphatic heterocycles. The van der Waals surface area contributed by atoms with Crippen LogP contribution in [0.1, 0.15) is 55.7 Å². The van der Waals surface area contributed by atoms with Gasteiger partial charge in [-0.15, -0.1) is 0 Å². The molecule has 2 rings (SSSR count). The molecule has 112 valence electrons. The summed E-state index contributed by atoms with van der Waals surface area (Å²) in [5.41, 5.74) is 10.3. The zero-order chi connectivity index (χ0) is 14.5. The van der Waals surface area contributed by atoms with Crippen LogP contribution in [0.3, 0.4) is 0 Å². The molecule has 20 heavy (non-hydrogen) atoms. The number of nitrogens with two attached hydrogens (primary N) is 1. The second-order valence-corrected chi connectivity index (χ2v) is 6.54. The van der Waals surface area contributed by atoms with E-state index < -0.39 is 0 Å². The summed E-state index contributed by atoms with van der Waals surface area (Å²) in [6.07, 6.45) is 6.15. The van der Waals surface area contributed by atoms with E-state index in [1.807, 2.05) is 0 Å².